The molecule has 2 aromatic rings. The van der Waals surface area contributed by atoms with Gasteiger partial charge in [-0.1, -0.05) is 41.9 Å². The number of carbonyl (C=O) groups excluding carboxylic acids is 1. The Kier molecular flexibility index (Phi) is 6.47. The SMILES string of the molecule is O=C(NCc1ccccc1F)N1CCN(CCc2ccc(Cl)cc2)CC1. The summed E-state index contributed by atoms with van der Waals surface area (Å²) in [5.74, 6) is -0.292. The highest BCUT2D eigenvalue weighted by Gasteiger charge is 2.20. The summed E-state index contributed by atoms with van der Waals surface area (Å²) >= 11 is 5.91. The molecule has 1 heterocycles. The van der Waals surface area contributed by atoms with Gasteiger partial charge in [-0.05, 0) is 30.2 Å². The number of benzene rings is 2. The number of halogens is 2. The molecule has 138 valence electrons. The first-order chi connectivity index (χ1) is 12.6. The molecule has 0 aromatic heterocycles. The fourth-order valence-electron chi connectivity index (χ4n) is 3.04. The predicted molar refractivity (Wildman–Crippen MR) is 102 cm³/mol. The molecule has 3 rings (SSSR count). The Morgan fingerprint density at radius 3 is 2.42 bits per heavy atom. The largest absolute Gasteiger partial charge is 0.334 e. The number of piperazine rings is 1. The van der Waals surface area contributed by atoms with Crippen LogP contribution in [0, 0.1) is 5.82 Å². The van der Waals surface area contributed by atoms with E-state index in [1.54, 1.807) is 23.1 Å². The van der Waals surface area contributed by atoms with Crippen molar-refractivity contribution >= 4 is 17.6 Å². The lowest BCUT2D eigenvalue weighted by atomic mass is 10.1. The highest BCUT2D eigenvalue weighted by Crippen LogP contribution is 2.11. The number of rotatable bonds is 5. The quantitative estimate of drug-likeness (QED) is 0.867. The number of hydrogen-bond acceptors (Lipinski definition) is 2. The van der Waals surface area contributed by atoms with E-state index in [9.17, 15) is 9.18 Å². The molecular formula is C20H23ClFN3O. The number of amides is 2. The second-order valence-electron chi connectivity index (χ2n) is 6.46. The van der Waals surface area contributed by atoms with Crippen LogP contribution in [0.4, 0.5) is 9.18 Å². The number of hydrogen-bond donors (Lipinski definition) is 1. The molecule has 1 aliphatic rings. The van der Waals surface area contributed by atoms with Crippen LogP contribution in [-0.4, -0.2) is 48.6 Å². The van der Waals surface area contributed by atoms with Crippen molar-refractivity contribution in [3.63, 3.8) is 0 Å². The average Bonchev–Trinajstić information content (AvgIpc) is 2.67. The maximum Gasteiger partial charge on any atom is 0.317 e. The minimum absolute atomic E-state index is 0.134. The van der Waals surface area contributed by atoms with Gasteiger partial charge in [-0.25, -0.2) is 9.18 Å². The summed E-state index contributed by atoms with van der Waals surface area (Å²) < 4.78 is 13.6. The molecular weight excluding hydrogens is 353 g/mol. The zero-order valence-electron chi connectivity index (χ0n) is 14.6. The van der Waals surface area contributed by atoms with Crippen molar-refractivity contribution in [2.75, 3.05) is 32.7 Å². The van der Waals surface area contributed by atoms with Crippen molar-refractivity contribution in [2.24, 2.45) is 0 Å². The van der Waals surface area contributed by atoms with E-state index < -0.39 is 0 Å². The van der Waals surface area contributed by atoms with Crippen molar-refractivity contribution in [1.82, 2.24) is 15.1 Å². The lowest BCUT2D eigenvalue weighted by Crippen LogP contribution is -2.51. The molecule has 0 bridgehead atoms. The molecule has 0 spiro atoms. The topological polar surface area (TPSA) is 35.6 Å². The molecule has 2 aromatic carbocycles. The minimum atomic E-state index is -0.292. The molecule has 1 fully saturated rings. The minimum Gasteiger partial charge on any atom is -0.334 e. The Bertz CT molecular complexity index is 730. The van der Waals surface area contributed by atoms with E-state index in [0.29, 0.717) is 18.7 Å². The van der Waals surface area contributed by atoms with Crippen LogP contribution in [-0.2, 0) is 13.0 Å². The summed E-state index contributed by atoms with van der Waals surface area (Å²) in [5, 5.41) is 3.56. The van der Waals surface area contributed by atoms with Crippen LogP contribution in [0.25, 0.3) is 0 Å². The van der Waals surface area contributed by atoms with Gasteiger partial charge in [-0.2, -0.15) is 0 Å². The van der Waals surface area contributed by atoms with E-state index in [2.05, 4.69) is 22.3 Å². The maximum atomic E-state index is 13.6. The van der Waals surface area contributed by atoms with Crippen molar-refractivity contribution in [2.45, 2.75) is 13.0 Å². The zero-order valence-corrected chi connectivity index (χ0v) is 15.4. The third kappa shape index (κ3) is 5.19. The molecule has 0 atom stereocenters. The van der Waals surface area contributed by atoms with Crippen molar-refractivity contribution in [3.05, 3.63) is 70.5 Å². The van der Waals surface area contributed by atoms with Gasteiger partial charge in [0.2, 0.25) is 0 Å². The summed E-state index contributed by atoms with van der Waals surface area (Å²) in [5.41, 5.74) is 1.77. The van der Waals surface area contributed by atoms with Gasteiger partial charge in [0.05, 0.1) is 0 Å². The highest BCUT2D eigenvalue weighted by atomic mass is 35.5. The first-order valence-electron chi connectivity index (χ1n) is 8.85. The van der Waals surface area contributed by atoms with Gasteiger partial charge >= 0.3 is 6.03 Å². The predicted octanol–water partition coefficient (Wildman–Crippen LogP) is 3.55. The van der Waals surface area contributed by atoms with Crippen LogP contribution < -0.4 is 5.32 Å². The Morgan fingerprint density at radius 1 is 1.04 bits per heavy atom. The van der Waals surface area contributed by atoms with E-state index in [1.807, 2.05) is 12.1 Å². The van der Waals surface area contributed by atoms with Gasteiger partial charge in [0.25, 0.3) is 0 Å². The third-order valence-electron chi connectivity index (χ3n) is 4.68. The Morgan fingerprint density at radius 2 is 1.73 bits per heavy atom. The van der Waals surface area contributed by atoms with E-state index in [4.69, 9.17) is 11.6 Å². The summed E-state index contributed by atoms with van der Waals surface area (Å²) in [4.78, 5) is 16.4. The van der Waals surface area contributed by atoms with Gasteiger partial charge in [-0.3, -0.25) is 4.90 Å². The summed E-state index contributed by atoms with van der Waals surface area (Å²) in [6, 6.07) is 14.3. The summed E-state index contributed by atoms with van der Waals surface area (Å²) in [6.07, 6.45) is 0.969. The molecule has 1 saturated heterocycles. The average molecular weight is 376 g/mol. The van der Waals surface area contributed by atoms with E-state index in [-0.39, 0.29) is 18.4 Å². The molecule has 6 heteroatoms. The first kappa shape index (κ1) is 18.7. The molecule has 1 aliphatic heterocycles. The summed E-state index contributed by atoms with van der Waals surface area (Å²) in [6.45, 7) is 4.24. The molecule has 2 amide bonds. The van der Waals surface area contributed by atoms with Gasteiger partial charge in [-0.15, -0.1) is 0 Å². The maximum absolute atomic E-state index is 13.6. The number of urea groups is 1. The Labute approximate surface area is 158 Å². The van der Waals surface area contributed by atoms with Crippen LogP contribution in [0.2, 0.25) is 5.02 Å². The van der Waals surface area contributed by atoms with Crippen LogP contribution in [0.15, 0.2) is 48.5 Å². The Hall–Kier alpha value is -2.11. The normalized spacial score (nSPS) is 15.1. The second-order valence-corrected chi connectivity index (χ2v) is 6.89. The number of carbonyl (C=O) groups is 1. The van der Waals surface area contributed by atoms with Gasteiger partial charge in [0, 0.05) is 49.9 Å². The van der Waals surface area contributed by atoms with E-state index >= 15 is 0 Å². The molecule has 0 radical (unpaired) electrons. The monoisotopic (exact) mass is 375 g/mol. The molecule has 4 nitrogen and oxygen atoms in total. The Balaban J connectivity index is 1.39. The van der Waals surface area contributed by atoms with Crippen LogP contribution >= 0.6 is 11.6 Å². The van der Waals surface area contributed by atoms with Crippen molar-refractivity contribution < 1.29 is 9.18 Å². The number of nitrogens with one attached hydrogen (secondary N) is 1. The number of nitrogens with zero attached hydrogens (tertiary/aromatic N) is 2. The molecule has 26 heavy (non-hydrogen) atoms. The van der Waals surface area contributed by atoms with Crippen LogP contribution in [0.1, 0.15) is 11.1 Å². The van der Waals surface area contributed by atoms with Crippen LogP contribution in [0.3, 0.4) is 0 Å². The van der Waals surface area contributed by atoms with Gasteiger partial charge in [0.1, 0.15) is 5.82 Å². The molecule has 0 unspecified atom stereocenters. The van der Waals surface area contributed by atoms with Gasteiger partial charge in [0.15, 0.2) is 0 Å². The molecule has 1 N–H and O–H groups in total. The molecule has 0 aliphatic carbocycles. The lowest BCUT2D eigenvalue weighted by Gasteiger charge is -2.34. The standard InChI is InChI=1S/C20H23ClFN3O/c21-18-7-5-16(6-8-18)9-10-24-11-13-25(14-12-24)20(26)23-15-17-3-1-2-4-19(17)22/h1-8H,9-15H2,(H,23,26). The summed E-state index contributed by atoms with van der Waals surface area (Å²) in [7, 11) is 0. The fraction of sp³-hybridized carbons (Fsp3) is 0.350. The van der Waals surface area contributed by atoms with E-state index in [1.165, 1.54) is 11.6 Å². The highest BCUT2D eigenvalue weighted by molar-refractivity contribution is 6.30. The lowest BCUT2D eigenvalue weighted by molar-refractivity contribution is 0.140. The van der Waals surface area contributed by atoms with Crippen LogP contribution in [0.5, 0.6) is 0 Å². The van der Waals surface area contributed by atoms with Crippen molar-refractivity contribution in [1.29, 1.82) is 0 Å². The smallest absolute Gasteiger partial charge is 0.317 e. The molecule has 0 saturated carbocycles. The van der Waals surface area contributed by atoms with Crippen molar-refractivity contribution in [3.8, 4) is 0 Å². The first-order valence-corrected chi connectivity index (χ1v) is 9.22. The third-order valence-corrected chi connectivity index (χ3v) is 4.93. The van der Waals surface area contributed by atoms with Gasteiger partial charge < -0.3 is 10.2 Å². The zero-order chi connectivity index (χ0) is 18.4. The van der Waals surface area contributed by atoms with E-state index in [0.717, 1.165) is 31.1 Å². The fourth-order valence-corrected chi connectivity index (χ4v) is 3.16. The second kappa shape index (κ2) is 9.01.